The number of hydrogen-bond donors (Lipinski definition) is 1. The molecule has 0 bridgehead atoms. The third-order valence-electron chi connectivity index (χ3n) is 4.87. The topological polar surface area (TPSA) is 53.8 Å². The largest absolute Gasteiger partial charge is 0.417 e. The van der Waals surface area contributed by atoms with E-state index in [1.54, 1.807) is 19.2 Å². The minimum Gasteiger partial charge on any atom is -0.282 e. The maximum absolute atomic E-state index is 13.8. The lowest BCUT2D eigenvalue weighted by molar-refractivity contribution is -0.137. The molecule has 148 valence electrons. The molecule has 1 N–H and O–H groups in total. The van der Waals surface area contributed by atoms with Crippen LogP contribution in [0.3, 0.4) is 0 Å². The van der Waals surface area contributed by atoms with E-state index in [9.17, 15) is 22.4 Å². The predicted molar refractivity (Wildman–Crippen MR) is 101 cm³/mol. The van der Waals surface area contributed by atoms with Crippen LogP contribution in [0.25, 0.3) is 11.1 Å². The standard InChI is InChI=1S/C21H15F4N3O/c1-11-8-16-19(26-10-11)18(27-28-20(16)29)13-4-7-15(17(9-13)21(23,24)25)12-2-5-14(22)6-3-12/h2-10,16,19H,1H3,(H,28,29). The summed E-state index contributed by atoms with van der Waals surface area (Å²) in [6.07, 6.45) is -1.34. The van der Waals surface area contributed by atoms with Gasteiger partial charge in [0.1, 0.15) is 11.9 Å². The van der Waals surface area contributed by atoms with Gasteiger partial charge < -0.3 is 0 Å². The summed E-state index contributed by atoms with van der Waals surface area (Å²) < 4.78 is 54.5. The molecule has 29 heavy (non-hydrogen) atoms. The van der Waals surface area contributed by atoms with Crippen molar-refractivity contribution in [2.75, 3.05) is 0 Å². The lowest BCUT2D eigenvalue weighted by Gasteiger charge is -2.29. The molecule has 2 unspecified atom stereocenters. The minimum absolute atomic E-state index is 0.0684. The van der Waals surface area contributed by atoms with Gasteiger partial charge in [0.15, 0.2) is 0 Å². The number of benzene rings is 2. The molecule has 0 fully saturated rings. The number of carbonyl (C=O) groups excluding carboxylic acids is 1. The van der Waals surface area contributed by atoms with E-state index in [0.717, 1.165) is 23.8 Å². The number of fused-ring (bicyclic) bond motifs is 1. The van der Waals surface area contributed by atoms with E-state index in [0.29, 0.717) is 0 Å². The van der Waals surface area contributed by atoms with Crippen molar-refractivity contribution in [3.63, 3.8) is 0 Å². The number of rotatable bonds is 2. The highest BCUT2D eigenvalue weighted by molar-refractivity contribution is 6.11. The molecule has 2 aromatic carbocycles. The molecule has 1 amide bonds. The number of alkyl halides is 3. The van der Waals surface area contributed by atoms with Gasteiger partial charge in [0, 0.05) is 11.8 Å². The van der Waals surface area contributed by atoms with Crippen molar-refractivity contribution < 1.29 is 22.4 Å². The van der Waals surface area contributed by atoms with Crippen molar-refractivity contribution in [3.8, 4) is 11.1 Å². The Balaban J connectivity index is 1.81. The van der Waals surface area contributed by atoms with Gasteiger partial charge >= 0.3 is 6.18 Å². The van der Waals surface area contributed by atoms with Gasteiger partial charge in [0.2, 0.25) is 5.91 Å². The van der Waals surface area contributed by atoms with Gasteiger partial charge in [-0.15, -0.1) is 0 Å². The third kappa shape index (κ3) is 3.57. The normalized spacial score (nSPS) is 21.2. The molecule has 0 saturated heterocycles. The molecule has 2 aromatic rings. The molecule has 2 aliphatic rings. The van der Waals surface area contributed by atoms with Gasteiger partial charge in [-0.25, -0.2) is 9.82 Å². The Hall–Kier alpha value is -3.29. The average molecular weight is 401 g/mol. The minimum atomic E-state index is -4.63. The maximum Gasteiger partial charge on any atom is 0.417 e. The molecule has 2 atom stereocenters. The molecule has 2 heterocycles. The Labute approximate surface area is 163 Å². The number of hydrogen-bond acceptors (Lipinski definition) is 3. The monoisotopic (exact) mass is 401 g/mol. The zero-order chi connectivity index (χ0) is 20.8. The summed E-state index contributed by atoms with van der Waals surface area (Å²) in [6, 6.07) is 7.95. The first-order valence-electron chi connectivity index (χ1n) is 8.80. The van der Waals surface area contributed by atoms with Crippen molar-refractivity contribution in [1.29, 1.82) is 0 Å². The zero-order valence-electron chi connectivity index (χ0n) is 15.2. The Kier molecular flexibility index (Phi) is 4.56. The van der Waals surface area contributed by atoms with Crippen molar-refractivity contribution >= 4 is 17.8 Å². The molecule has 0 aromatic heterocycles. The van der Waals surface area contributed by atoms with Gasteiger partial charge in [-0.3, -0.25) is 9.79 Å². The summed E-state index contributed by atoms with van der Waals surface area (Å²) >= 11 is 0. The fraction of sp³-hybridized carbons (Fsp3) is 0.190. The summed E-state index contributed by atoms with van der Waals surface area (Å²) in [5.41, 5.74) is 2.94. The van der Waals surface area contributed by atoms with Crippen LogP contribution in [0.1, 0.15) is 18.1 Å². The van der Waals surface area contributed by atoms with E-state index in [-0.39, 0.29) is 28.3 Å². The van der Waals surface area contributed by atoms with Crippen LogP contribution in [0.2, 0.25) is 0 Å². The Morgan fingerprint density at radius 3 is 2.41 bits per heavy atom. The summed E-state index contributed by atoms with van der Waals surface area (Å²) in [4.78, 5) is 16.4. The highest BCUT2D eigenvalue weighted by atomic mass is 19.4. The van der Waals surface area contributed by atoms with Crippen LogP contribution in [0.15, 0.2) is 64.2 Å². The van der Waals surface area contributed by atoms with E-state index < -0.39 is 29.5 Å². The summed E-state index contributed by atoms with van der Waals surface area (Å²) in [5, 5.41) is 3.98. The molecule has 2 aliphatic heterocycles. The average Bonchev–Trinajstić information content (AvgIpc) is 2.68. The summed E-state index contributed by atoms with van der Waals surface area (Å²) in [6.45, 7) is 1.79. The highest BCUT2D eigenvalue weighted by Gasteiger charge is 2.38. The highest BCUT2D eigenvalue weighted by Crippen LogP contribution is 2.38. The van der Waals surface area contributed by atoms with Gasteiger partial charge in [0.05, 0.1) is 17.2 Å². The number of carbonyl (C=O) groups is 1. The first-order valence-corrected chi connectivity index (χ1v) is 8.80. The summed E-state index contributed by atoms with van der Waals surface area (Å²) in [5.74, 6) is -1.51. The molecule has 0 spiro atoms. The van der Waals surface area contributed by atoms with Crippen LogP contribution in [-0.4, -0.2) is 23.9 Å². The van der Waals surface area contributed by atoms with E-state index >= 15 is 0 Å². The van der Waals surface area contributed by atoms with E-state index in [2.05, 4.69) is 15.5 Å². The van der Waals surface area contributed by atoms with Crippen LogP contribution in [0.4, 0.5) is 17.6 Å². The predicted octanol–water partition coefficient (Wildman–Crippen LogP) is 4.36. The maximum atomic E-state index is 13.8. The number of hydrazone groups is 1. The third-order valence-corrected chi connectivity index (χ3v) is 4.87. The van der Waals surface area contributed by atoms with Crippen molar-refractivity contribution in [2.45, 2.75) is 19.1 Å². The van der Waals surface area contributed by atoms with E-state index in [4.69, 9.17) is 0 Å². The molecule has 0 saturated carbocycles. The van der Waals surface area contributed by atoms with Gasteiger partial charge in [0.25, 0.3) is 0 Å². The van der Waals surface area contributed by atoms with Gasteiger partial charge in [-0.1, -0.05) is 30.3 Å². The lowest BCUT2D eigenvalue weighted by atomic mass is 9.86. The number of nitrogens with one attached hydrogen (secondary N) is 1. The van der Waals surface area contributed by atoms with Crippen molar-refractivity contribution in [3.05, 3.63) is 71.1 Å². The van der Waals surface area contributed by atoms with E-state index in [1.165, 1.54) is 24.3 Å². The molecular weight excluding hydrogens is 386 g/mol. The van der Waals surface area contributed by atoms with Crippen LogP contribution in [0, 0.1) is 11.7 Å². The molecule has 0 radical (unpaired) electrons. The van der Waals surface area contributed by atoms with E-state index in [1.807, 2.05) is 0 Å². The first kappa shape index (κ1) is 19.0. The summed E-state index contributed by atoms with van der Waals surface area (Å²) in [7, 11) is 0. The first-order chi connectivity index (χ1) is 13.7. The van der Waals surface area contributed by atoms with Crippen molar-refractivity contribution in [1.82, 2.24) is 5.43 Å². The number of halogens is 4. The van der Waals surface area contributed by atoms with Crippen molar-refractivity contribution in [2.24, 2.45) is 16.0 Å². The lowest BCUT2D eigenvalue weighted by Crippen LogP contribution is -2.45. The van der Waals surface area contributed by atoms with Crippen LogP contribution in [-0.2, 0) is 11.0 Å². The molecular formula is C21H15F4N3O. The number of nitrogens with zero attached hydrogens (tertiary/aromatic N) is 2. The van der Waals surface area contributed by atoms with Crippen LogP contribution >= 0.6 is 0 Å². The Morgan fingerprint density at radius 2 is 1.72 bits per heavy atom. The smallest absolute Gasteiger partial charge is 0.282 e. The fourth-order valence-corrected chi connectivity index (χ4v) is 3.48. The second-order valence-electron chi connectivity index (χ2n) is 6.90. The molecule has 4 nitrogen and oxygen atoms in total. The molecule has 0 aliphatic carbocycles. The fourth-order valence-electron chi connectivity index (χ4n) is 3.48. The number of dihydropyridines is 1. The number of allylic oxidation sites excluding steroid dienone is 1. The SMILES string of the molecule is CC1=CC2C(=O)NN=C(c3ccc(-c4ccc(F)cc4)c(C(F)(F)F)c3)C2N=C1. The Morgan fingerprint density at radius 1 is 1.03 bits per heavy atom. The van der Waals surface area contributed by atoms with Crippen LogP contribution in [0.5, 0.6) is 0 Å². The van der Waals surface area contributed by atoms with Gasteiger partial charge in [-0.05, 0) is 41.8 Å². The van der Waals surface area contributed by atoms with Crippen LogP contribution < -0.4 is 5.43 Å². The second kappa shape index (κ2) is 6.95. The second-order valence-corrected chi connectivity index (χ2v) is 6.90. The molecule has 8 heteroatoms. The number of aliphatic imine (C=N–C) groups is 1. The quantitative estimate of drug-likeness (QED) is 0.747. The Bertz CT molecular complexity index is 1070. The van der Waals surface area contributed by atoms with Gasteiger partial charge in [-0.2, -0.15) is 18.3 Å². The zero-order valence-corrected chi connectivity index (χ0v) is 15.2. The number of amides is 1. The molecule has 4 rings (SSSR count).